The van der Waals surface area contributed by atoms with Crippen LogP contribution in [0.2, 0.25) is 0 Å². The molecule has 9 atom stereocenters. The number of ether oxygens (including phenoxy) is 2. The van der Waals surface area contributed by atoms with Crippen LogP contribution in [-0.4, -0.2) is 51.3 Å². The zero-order chi connectivity index (χ0) is 31.0. The molecular weight excluding hydrogens is 558 g/mol. The zero-order valence-corrected chi connectivity index (χ0v) is 25.2. The van der Waals surface area contributed by atoms with Gasteiger partial charge in [-0.05, 0) is 90.8 Å². The molecule has 8 nitrogen and oxygen atoms in total. The lowest BCUT2D eigenvalue weighted by Crippen LogP contribution is -2.54. The number of anilines is 1. The van der Waals surface area contributed by atoms with E-state index in [-0.39, 0.29) is 34.7 Å². The van der Waals surface area contributed by atoms with Crippen LogP contribution in [0.3, 0.4) is 0 Å². The van der Waals surface area contributed by atoms with Crippen LogP contribution in [0.4, 0.5) is 5.69 Å². The van der Waals surface area contributed by atoms with Crippen molar-refractivity contribution in [1.82, 2.24) is 0 Å². The maximum atomic E-state index is 13.2. The Balaban J connectivity index is 1.18. The second-order valence-electron chi connectivity index (χ2n) is 14.3. The van der Waals surface area contributed by atoms with Gasteiger partial charge in [0.1, 0.15) is 18.0 Å². The molecule has 4 fully saturated rings. The SMILES string of the molecule is C[C@]12C[C@H](O)[C@H]3[C@@H](CCC4=CC(=O)C=C[C@@]43C)[C@@H]1C[C@]1(C2)O[C@@H](c2ccc(Cc3cccc(N)c3)c(O)c2)OC1C(=O)CO. The highest BCUT2D eigenvalue weighted by molar-refractivity contribution is 6.01. The summed E-state index contributed by atoms with van der Waals surface area (Å²) in [5.74, 6) is -0.0441. The Hall–Kier alpha value is -3.30. The van der Waals surface area contributed by atoms with Gasteiger partial charge in [-0.1, -0.05) is 49.8 Å². The van der Waals surface area contributed by atoms with E-state index in [9.17, 15) is 24.9 Å². The Kier molecular flexibility index (Phi) is 6.94. The number of carbonyl (C=O) groups excluding carboxylic acids is 2. The molecule has 232 valence electrons. The monoisotopic (exact) mass is 599 g/mol. The first kappa shape index (κ1) is 29.4. The number of allylic oxidation sites excluding steroid dienone is 4. The lowest BCUT2D eigenvalue weighted by molar-refractivity contribution is -0.135. The first-order chi connectivity index (χ1) is 20.9. The minimum Gasteiger partial charge on any atom is -0.508 e. The summed E-state index contributed by atoms with van der Waals surface area (Å²) in [4.78, 5) is 25.4. The number of phenols is 1. The highest BCUT2D eigenvalue weighted by Crippen LogP contribution is 2.68. The van der Waals surface area contributed by atoms with Crippen molar-refractivity contribution in [1.29, 1.82) is 0 Å². The third kappa shape index (κ3) is 4.57. The lowest BCUT2D eigenvalue weighted by atomic mass is 9.47. The van der Waals surface area contributed by atoms with Crippen molar-refractivity contribution in [2.24, 2.45) is 28.6 Å². The summed E-state index contributed by atoms with van der Waals surface area (Å²) < 4.78 is 13.1. The smallest absolute Gasteiger partial charge is 0.189 e. The molecule has 7 rings (SSSR count). The second kappa shape index (κ2) is 10.4. The van der Waals surface area contributed by atoms with Crippen molar-refractivity contribution in [3.05, 3.63) is 83.0 Å². The van der Waals surface area contributed by atoms with E-state index in [0.717, 1.165) is 29.5 Å². The molecule has 1 spiro atoms. The highest BCUT2D eigenvalue weighted by atomic mass is 16.7. The Morgan fingerprint density at radius 3 is 2.70 bits per heavy atom. The van der Waals surface area contributed by atoms with E-state index in [4.69, 9.17) is 15.2 Å². The Morgan fingerprint density at radius 1 is 1.14 bits per heavy atom. The van der Waals surface area contributed by atoms with Gasteiger partial charge in [0.15, 0.2) is 24.0 Å². The molecule has 2 aromatic carbocycles. The van der Waals surface area contributed by atoms with Crippen LogP contribution in [-0.2, 0) is 25.5 Å². The minimum absolute atomic E-state index is 0.00242. The number of aromatic hydroxyl groups is 1. The number of aliphatic hydroxyl groups excluding tert-OH is 2. The number of Topliss-reactive ketones (excluding diaryl/α,β-unsaturated/α-hetero) is 1. The average Bonchev–Trinajstić information content (AvgIpc) is 3.49. The number of carbonyl (C=O) groups is 2. The predicted octanol–water partition coefficient (Wildman–Crippen LogP) is 4.56. The number of hydrogen-bond donors (Lipinski definition) is 4. The van der Waals surface area contributed by atoms with Crippen molar-refractivity contribution in [3.63, 3.8) is 0 Å². The normalized spacial score (nSPS) is 39.1. The van der Waals surface area contributed by atoms with Crippen molar-refractivity contribution < 1.29 is 34.4 Å². The molecule has 0 radical (unpaired) electrons. The van der Waals surface area contributed by atoms with Gasteiger partial charge >= 0.3 is 0 Å². The van der Waals surface area contributed by atoms with Crippen LogP contribution in [0.25, 0.3) is 0 Å². The van der Waals surface area contributed by atoms with Gasteiger partial charge in [0.05, 0.1) is 6.10 Å². The van der Waals surface area contributed by atoms with Crippen molar-refractivity contribution in [2.45, 2.75) is 76.5 Å². The van der Waals surface area contributed by atoms with Crippen molar-refractivity contribution >= 4 is 17.3 Å². The number of nitrogen functional groups attached to an aromatic ring is 1. The van der Waals surface area contributed by atoms with Gasteiger partial charge in [0.2, 0.25) is 0 Å². The van der Waals surface area contributed by atoms with Gasteiger partial charge in [0.25, 0.3) is 0 Å². The fraction of sp³-hybridized carbons (Fsp3) is 0.500. The minimum atomic E-state index is -0.968. The molecule has 5 N–H and O–H groups in total. The number of hydrogen-bond acceptors (Lipinski definition) is 8. The quantitative estimate of drug-likeness (QED) is 0.367. The lowest BCUT2D eigenvalue weighted by Gasteiger charge is -2.57. The summed E-state index contributed by atoms with van der Waals surface area (Å²) in [6.07, 6.45) is 6.73. The summed E-state index contributed by atoms with van der Waals surface area (Å²) in [5, 5.41) is 32.6. The zero-order valence-electron chi connectivity index (χ0n) is 25.2. The predicted molar refractivity (Wildman–Crippen MR) is 163 cm³/mol. The van der Waals surface area contributed by atoms with Crippen LogP contribution >= 0.6 is 0 Å². The third-order valence-corrected chi connectivity index (χ3v) is 11.5. The van der Waals surface area contributed by atoms with Crippen LogP contribution in [0.5, 0.6) is 5.75 Å². The number of aliphatic hydroxyl groups is 2. The Morgan fingerprint density at radius 2 is 1.95 bits per heavy atom. The number of rotatable bonds is 5. The third-order valence-electron chi connectivity index (χ3n) is 11.5. The number of phenolic OH excluding ortho intramolecular Hbond substituents is 1. The van der Waals surface area contributed by atoms with E-state index < -0.39 is 41.9 Å². The van der Waals surface area contributed by atoms with Crippen molar-refractivity contribution in [2.75, 3.05) is 12.3 Å². The van der Waals surface area contributed by atoms with Crippen LogP contribution in [0, 0.1) is 28.6 Å². The fourth-order valence-corrected chi connectivity index (χ4v) is 9.73. The molecule has 44 heavy (non-hydrogen) atoms. The van der Waals surface area contributed by atoms with Gasteiger partial charge in [-0.3, -0.25) is 9.59 Å². The first-order valence-electron chi connectivity index (χ1n) is 15.7. The van der Waals surface area contributed by atoms with E-state index in [1.807, 2.05) is 42.5 Å². The molecule has 3 saturated carbocycles. The van der Waals surface area contributed by atoms with E-state index >= 15 is 0 Å². The maximum absolute atomic E-state index is 13.2. The number of fused-ring (bicyclic) bond motifs is 5. The van der Waals surface area contributed by atoms with Crippen LogP contribution in [0.1, 0.15) is 68.9 Å². The average molecular weight is 600 g/mol. The molecule has 1 aliphatic heterocycles. The van der Waals surface area contributed by atoms with Crippen LogP contribution < -0.4 is 5.73 Å². The summed E-state index contributed by atoms with van der Waals surface area (Å²) in [6, 6.07) is 12.8. The molecule has 5 aliphatic rings. The van der Waals surface area contributed by atoms with E-state index in [2.05, 4.69) is 13.8 Å². The topological polar surface area (TPSA) is 139 Å². The number of nitrogens with two attached hydrogens (primary N) is 1. The molecule has 1 heterocycles. The summed E-state index contributed by atoms with van der Waals surface area (Å²) in [6.45, 7) is 3.67. The van der Waals surface area contributed by atoms with E-state index in [1.54, 1.807) is 18.2 Å². The van der Waals surface area contributed by atoms with Crippen molar-refractivity contribution in [3.8, 4) is 5.75 Å². The van der Waals surface area contributed by atoms with Crippen LogP contribution in [0.15, 0.2) is 66.3 Å². The van der Waals surface area contributed by atoms with E-state index in [0.29, 0.717) is 36.9 Å². The molecular formula is C36H41NO7. The largest absolute Gasteiger partial charge is 0.508 e. The summed E-state index contributed by atoms with van der Waals surface area (Å²) in [5.41, 5.74) is 8.32. The molecule has 0 bridgehead atoms. The van der Waals surface area contributed by atoms with Gasteiger partial charge in [-0.15, -0.1) is 0 Å². The Bertz CT molecular complexity index is 1580. The summed E-state index contributed by atoms with van der Waals surface area (Å²) in [7, 11) is 0. The summed E-state index contributed by atoms with van der Waals surface area (Å²) >= 11 is 0. The molecule has 1 saturated heterocycles. The van der Waals surface area contributed by atoms with E-state index in [1.165, 1.54) is 0 Å². The first-order valence-corrected chi connectivity index (χ1v) is 15.7. The standard InChI is InChI=1S/C36H41NO7/c1-34-17-29(41)31-26(9-8-23-15-25(39)10-11-35(23,31)2)27(34)16-36(19-34)32(30(42)18-38)43-33(44-36)22-7-6-21(28(40)14-22)12-20-4-3-5-24(37)13-20/h3-7,10-11,13-15,26-27,29,31-33,38,40-41H,8-9,12,16-19,37H2,1-2H3/t26-,27-,29-,31+,32?,33-,34+,35-,36+/m0/s1. The molecule has 4 aliphatic carbocycles. The fourth-order valence-electron chi connectivity index (χ4n) is 9.73. The number of benzene rings is 2. The van der Waals surface area contributed by atoms with Gasteiger partial charge < -0.3 is 30.5 Å². The molecule has 8 heteroatoms. The molecule has 0 amide bonds. The number of ketones is 2. The van der Waals surface area contributed by atoms with Gasteiger partial charge in [0, 0.05) is 29.0 Å². The highest BCUT2D eigenvalue weighted by Gasteiger charge is 2.68. The molecule has 1 unspecified atom stereocenters. The molecule has 0 aromatic heterocycles. The maximum Gasteiger partial charge on any atom is 0.189 e. The Labute approximate surface area is 257 Å². The van der Waals surface area contributed by atoms with Gasteiger partial charge in [-0.25, -0.2) is 0 Å². The molecule has 2 aromatic rings. The van der Waals surface area contributed by atoms with Gasteiger partial charge in [-0.2, -0.15) is 0 Å². The second-order valence-corrected chi connectivity index (χ2v) is 14.3.